The number of nitro benzene ring substituents is 1. The molecule has 5 nitrogen and oxygen atoms in total. The Balaban J connectivity index is 3.39. The molecular formula is C9H8BrClFNO4S. The Morgan fingerprint density at radius 3 is 2.56 bits per heavy atom. The lowest BCUT2D eigenvalue weighted by Crippen LogP contribution is -2.10. The van der Waals surface area contributed by atoms with E-state index in [9.17, 15) is 22.9 Å². The van der Waals surface area contributed by atoms with Crippen LogP contribution < -0.4 is 0 Å². The van der Waals surface area contributed by atoms with Gasteiger partial charge in [0.15, 0.2) is 9.84 Å². The zero-order valence-electron chi connectivity index (χ0n) is 8.90. The molecule has 0 heterocycles. The Bertz CT molecular complexity index is 578. The third-order valence-electron chi connectivity index (χ3n) is 2.08. The Kier molecular flexibility index (Phi) is 5.06. The number of hydrogen-bond acceptors (Lipinski definition) is 4. The molecule has 0 aliphatic rings. The molecule has 0 aliphatic carbocycles. The highest BCUT2D eigenvalue weighted by Gasteiger charge is 2.27. The van der Waals surface area contributed by atoms with E-state index in [0.717, 1.165) is 6.07 Å². The first-order valence-corrected chi connectivity index (χ1v) is 7.69. The maximum Gasteiger partial charge on any atom is 0.290 e. The smallest absolute Gasteiger partial charge is 0.258 e. The molecule has 0 radical (unpaired) electrons. The number of sulfone groups is 1. The molecule has 9 heteroatoms. The summed E-state index contributed by atoms with van der Waals surface area (Å²) in [5.74, 6) is -1.09. The predicted molar refractivity (Wildman–Crippen MR) is 68.1 cm³/mol. The van der Waals surface area contributed by atoms with E-state index in [0.29, 0.717) is 6.07 Å². The van der Waals surface area contributed by atoms with Gasteiger partial charge in [0.05, 0.1) is 21.2 Å². The fraction of sp³-hybridized carbons (Fsp3) is 0.333. The number of halogens is 3. The standard InChI is InChI=1S/C9H8BrClFNO4S/c10-6-4-9(18(16,17)3-1-2-11)8(13(14)15)5-7(6)12/h4-5H,1-3H2. The Morgan fingerprint density at radius 1 is 1.44 bits per heavy atom. The minimum absolute atomic E-state index is 0.120. The average molecular weight is 361 g/mol. The van der Waals surface area contributed by atoms with Gasteiger partial charge in [0.2, 0.25) is 0 Å². The van der Waals surface area contributed by atoms with Crippen LogP contribution in [0.5, 0.6) is 0 Å². The maximum absolute atomic E-state index is 13.2. The van der Waals surface area contributed by atoms with Crippen molar-refractivity contribution < 1.29 is 17.7 Å². The molecule has 0 saturated heterocycles. The number of nitrogens with zero attached hydrogens (tertiary/aromatic N) is 1. The van der Waals surface area contributed by atoms with Crippen molar-refractivity contribution in [3.05, 3.63) is 32.5 Å². The highest BCUT2D eigenvalue weighted by molar-refractivity contribution is 9.10. The van der Waals surface area contributed by atoms with Gasteiger partial charge >= 0.3 is 0 Å². The Labute approximate surface area is 116 Å². The van der Waals surface area contributed by atoms with E-state index in [1.54, 1.807) is 0 Å². The first-order chi connectivity index (χ1) is 8.29. The third-order valence-corrected chi connectivity index (χ3v) is 4.78. The van der Waals surface area contributed by atoms with Gasteiger partial charge < -0.3 is 0 Å². The lowest BCUT2D eigenvalue weighted by molar-refractivity contribution is -0.388. The molecule has 0 unspecified atom stereocenters. The van der Waals surface area contributed by atoms with Crippen LogP contribution in [0.2, 0.25) is 0 Å². The average Bonchev–Trinajstić information content (AvgIpc) is 2.29. The van der Waals surface area contributed by atoms with Crippen molar-refractivity contribution in [3.8, 4) is 0 Å². The third kappa shape index (κ3) is 3.39. The van der Waals surface area contributed by atoms with E-state index in [2.05, 4.69) is 15.9 Å². The summed E-state index contributed by atoms with van der Waals surface area (Å²) in [6, 6.07) is 1.48. The van der Waals surface area contributed by atoms with Crippen molar-refractivity contribution in [2.24, 2.45) is 0 Å². The molecule has 0 fully saturated rings. The Hall–Kier alpha value is -0.730. The van der Waals surface area contributed by atoms with Gasteiger partial charge in [-0.05, 0) is 28.4 Å². The minimum atomic E-state index is -3.86. The van der Waals surface area contributed by atoms with Gasteiger partial charge in [-0.2, -0.15) is 0 Å². The lowest BCUT2D eigenvalue weighted by atomic mass is 10.3. The van der Waals surface area contributed by atoms with Crippen LogP contribution in [-0.4, -0.2) is 25.0 Å². The number of rotatable bonds is 5. The monoisotopic (exact) mass is 359 g/mol. The topological polar surface area (TPSA) is 77.3 Å². The van der Waals surface area contributed by atoms with E-state index >= 15 is 0 Å². The summed E-state index contributed by atoms with van der Waals surface area (Å²) in [6.07, 6.45) is 0.163. The summed E-state index contributed by atoms with van der Waals surface area (Å²) in [6.45, 7) is 0. The molecule has 0 atom stereocenters. The van der Waals surface area contributed by atoms with E-state index in [1.807, 2.05) is 0 Å². The normalized spacial score (nSPS) is 11.5. The zero-order valence-corrected chi connectivity index (χ0v) is 12.1. The van der Waals surface area contributed by atoms with Crippen LogP contribution in [0, 0.1) is 15.9 Å². The van der Waals surface area contributed by atoms with Crippen LogP contribution in [0.1, 0.15) is 6.42 Å². The SMILES string of the molecule is O=[N+]([O-])c1cc(F)c(Br)cc1S(=O)(=O)CCCCl. The molecule has 0 bridgehead atoms. The van der Waals surface area contributed by atoms with Gasteiger partial charge in [-0.1, -0.05) is 0 Å². The van der Waals surface area contributed by atoms with Crippen molar-refractivity contribution in [1.29, 1.82) is 0 Å². The maximum atomic E-state index is 13.2. The van der Waals surface area contributed by atoms with Crippen molar-refractivity contribution in [2.75, 3.05) is 11.6 Å². The second kappa shape index (κ2) is 5.94. The van der Waals surface area contributed by atoms with Gasteiger partial charge in [0, 0.05) is 5.88 Å². The van der Waals surface area contributed by atoms with Crippen LogP contribution in [0.25, 0.3) is 0 Å². The molecule has 0 amide bonds. The molecule has 0 aliphatic heterocycles. The first-order valence-electron chi connectivity index (χ1n) is 4.71. The van der Waals surface area contributed by atoms with Gasteiger partial charge in [-0.25, -0.2) is 12.8 Å². The van der Waals surface area contributed by atoms with Gasteiger partial charge in [0.1, 0.15) is 10.7 Å². The number of alkyl halides is 1. The highest BCUT2D eigenvalue weighted by atomic mass is 79.9. The van der Waals surface area contributed by atoms with Gasteiger partial charge in [0.25, 0.3) is 5.69 Å². The van der Waals surface area contributed by atoms with Crippen LogP contribution >= 0.6 is 27.5 Å². The fourth-order valence-corrected chi connectivity index (χ4v) is 3.55. The first kappa shape index (κ1) is 15.3. The predicted octanol–water partition coefficient (Wildman–Crippen LogP) is 2.90. The molecule has 0 N–H and O–H groups in total. The minimum Gasteiger partial charge on any atom is -0.258 e. The molecule has 1 aromatic rings. The summed E-state index contributed by atoms with van der Waals surface area (Å²) >= 11 is 8.19. The van der Waals surface area contributed by atoms with Crippen molar-refractivity contribution in [1.82, 2.24) is 0 Å². The van der Waals surface area contributed by atoms with Crippen molar-refractivity contribution in [3.63, 3.8) is 0 Å². The second-order valence-corrected chi connectivity index (χ2v) is 6.66. The molecule has 0 spiro atoms. The van der Waals surface area contributed by atoms with Gasteiger partial charge in [-0.3, -0.25) is 10.1 Å². The molecule has 0 aromatic heterocycles. The summed E-state index contributed by atoms with van der Waals surface area (Å²) in [4.78, 5) is 9.30. The molecule has 1 aromatic carbocycles. The van der Waals surface area contributed by atoms with E-state index in [4.69, 9.17) is 11.6 Å². The number of nitro groups is 1. The van der Waals surface area contributed by atoms with Crippen molar-refractivity contribution >= 4 is 43.1 Å². The van der Waals surface area contributed by atoms with Crippen molar-refractivity contribution in [2.45, 2.75) is 11.3 Å². The summed E-state index contributed by atoms with van der Waals surface area (Å²) < 4.78 is 36.8. The zero-order chi connectivity index (χ0) is 13.9. The van der Waals surface area contributed by atoms with Crippen LogP contribution in [0.15, 0.2) is 21.5 Å². The quantitative estimate of drug-likeness (QED) is 0.350. The molecule has 18 heavy (non-hydrogen) atoms. The van der Waals surface area contributed by atoms with Gasteiger partial charge in [-0.15, -0.1) is 11.6 Å². The largest absolute Gasteiger partial charge is 0.290 e. The number of hydrogen-bond donors (Lipinski definition) is 0. The summed E-state index contributed by atoms with van der Waals surface area (Å²) in [5.41, 5.74) is -0.773. The Morgan fingerprint density at radius 2 is 2.06 bits per heavy atom. The van der Waals surface area contributed by atoms with E-state index in [1.165, 1.54) is 0 Å². The fourth-order valence-electron chi connectivity index (χ4n) is 1.26. The molecular weight excluding hydrogens is 353 g/mol. The van der Waals surface area contributed by atoms with E-state index in [-0.39, 0.29) is 22.5 Å². The number of benzene rings is 1. The molecule has 1 rings (SSSR count). The van der Waals surface area contributed by atoms with Crippen LogP contribution in [-0.2, 0) is 9.84 Å². The second-order valence-electron chi connectivity index (χ2n) is 3.35. The highest BCUT2D eigenvalue weighted by Crippen LogP contribution is 2.30. The van der Waals surface area contributed by atoms with Crippen LogP contribution in [0.4, 0.5) is 10.1 Å². The summed E-state index contributed by atoms with van der Waals surface area (Å²) in [7, 11) is -3.86. The summed E-state index contributed by atoms with van der Waals surface area (Å²) in [5, 5.41) is 10.7. The molecule has 0 saturated carbocycles. The van der Waals surface area contributed by atoms with E-state index < -0.39 is 31.2 Å². The lowest BCUT2D eigenvalue weighted by Gasteiger charge is -2.05. The molecule has 100 valence electrons. The van der Waals surface area contributed by atoms with Crippen LogP contribution in [0.3, 0.4) is 0 Å².